The lowest BCUT2D eigenvalue weighted by molar-refractivity contribution is -0.140. The molecule has 0 fully saturated rings. The SMILES string of the molecule is CCOC(=O)C1=C(C)N(CC(=O)O)C2=C(C(=O)OC2)C1c1ccccc1Cl. The second kappa shape index (κ2) is 7.44. The predicted octanol–water partition coefficient (Wildman–Crippen LogP) is 2.47. The summed E-state index contributed by atoms with van der Waals surface area (Å²) in [5, 5.41) is 9.66. The molecule has 8 heteroatoms. The maximum atomic E-state index is 12.8. The topological polar surface area (TPSA) is 93.1 Å². The van der Waals surface area contributed by atoms with Crippen LogP contribution >= 0.6 is 11.6 Å². The number of carboxylic acids is 1. The van der Waals surface area contributed by atoms with Crippen LogP contribution in [0.3, 0.4) is 0 Å². The van der Waals surface area contributed by atoms with Crippen molar-refractivity contribution in [3.63, 3.8) is 0 Å². The molecule has 1 atom stereocenters. The number of halogens is 1. The Morgan fingerprint density at radius 1 is 1.37 bits per heavy atom. The van der Waals surface area contributed by atoms with Gasteiger partial charge < -0.3 is 19.5 Å². The van der Waals surface area contributed by atoms with Crippen LogP contribution in [0.15, 0.2) is 46.8 Å². The molecule has 1 aromatic rings. The summed E-state index contributed by atoms with van der Waals surface area (Å²) in [6.45, 7) is 2.98. The van der Waals surface area contributed by atoms with Crippen molar-refractivity contribution < 1.29 is 29.0 Å². The average molecular weight is 392 g/mol. The molecule has 0 aromatic heterocycles. The lowest BCUT2D eigenvalue weighted by atomic mass is 9.80. The van der Waals surface area contributed by atoms with Crippen LogP contribution in [0, 0.1) is 0 Å². The van der Waals surface area contributed by atoms with Gasteiger partial charge in [0.1, 0.15) is 13.2 Å². The number of esters is 2. The van der Waals surface area contributed by atoms with Crippen molar-refractivity contribution in [1.29, 1.82) is 0 Å². The molecule has 2 heterocycles. The first-order valence-electron chi connectivity index (χ1n) is 8.38. The first-order valence-corrected chi connectivity index (χ1v) is 8.76. The highest BCUT2D eigenvalue weighted by atomic mass is 35.5. The minimum Gasteiger partial charge on any atom is -0.480 e. The third-order valence-electron chi connectivity index (χ3n) is 4.57. The minimum atomic E-state index is -1.10. The fourth-order valence-electron chi connectivity index (χ4n) is 3.46. The third-order valence-corrected chi connectivity index (χ3v) is 4.92. The Kier molecular flexibility index (Phi) is 5.23. The van der Waals surface area contributed by atoms with Crippen molar-refractivity contribution in [2.75, 3.05) is 19.8 Å². The number of nitrogens with zero attached hydrogens (tertiary/aromatic N) is 1. The number of ether oxygens (including phenoxy) is 2. The van der Waals surface area contributed by atoms with Crippen LogP contribution in [0.4, 0.5) is 0 Å². The molecule has 142 valence electrons. The van der Waals surface area contributed by atoms with Crippen LogP contribution in [-0.4, -0.2) is 47.7 Å². The maximum absolute atomic E-state index is 12.8. The molecule has 0 amide bonds. The zero-order chi connectivity index (χ0) is 19.7. The number of aliphatic carboxylic acids is 1. The molecule has 2 aliphatic heterocycles. The highest BCUT2D eigenvalue weighted by molar-refractivity contribution is 6.31. The summed E-state index contributed by atoms with van der Waals surface area (Å²) in [5.41, 5.74) is 1.79. The lowest BCUT2D eigenvalue weighted by Gasteiger charge is -2.35. The van der Waals surface area contributed by atoms with Gasteiger partial charge in [-0.1, -0.05) is 29.8 Å². The van der Waals surface area contributed by atoms with E-state index in [2.05, 4.69) is 0 Å². The van der Waals surface area contributed by atoms with Crippen molar-refractivity contribution in [3.8, 4) is 0 Å². The number of cyclic esters (lactones) is 1. The molecule has 1 unspecified atom stereocenters. The number of carbonyl (C=O) groups is 3. The van der Waals surface area contributed by atoms with E-state index >= 15 is 0 Å². The fraction of sp³-hybridized carbons (Fsp3) is 0.316. The number of hydrogen-bond donors (Lipinski definition) is 1. The van der Waals surface area contributed by atoms with E-state index in [0.29, 0.717) is 22.0 Å². The van der Waals surface area contributed by atoms with Gasteiger partial charge in [-0.2, -0.15) is 0 Å². The molecule has 7 nitrogen and oxygen atoms in total. The summed E-state index contributed by atoms with van der Waals surface area (Å²) in [6.07, 6.45) is 0. The van der Waals surface area contributed by atoms with Gasteiger partial charge in [0.15, 0.2) is 0 Å². The molecule has 1 aromatic carbocycles. The largest absolute Gasteiger partial charge is 0.480 e. The van der Waals surface area contributed by atoms with Gasteiger partial charge in [-0.05, 0) is 25.5 Å². The predicted molar refractivity (Wildman–Crippen MR) is 95.9 cm³/mol. The van der Waals surface area contributed by atoms with Crippen LogP contribution in [0.2, 0.25) is 5.02 Å². The highest BCUT2D eigenvalue weighted by Crippen LogP contribution is 2.46. The van der Waals surface area contributed by atoms with E-state index in [1.165, 1.54) is 4.90 Å². The van der Waals surface area contributed by atoms with Crippen LogP contribution < -0.4 is 0 Å². The van der Waals surface area contributed by atoms with E-state index in [-0.39, 0.29) is 24.4 Å². The first kappa shape index (κ1) is 19.0. The van der Waals surface area contributed by atoms with Crippen LogP contribution in [0.25, 0.3) is 0 Å². The van der Waals surface area contributed by atoms with Crippen LogP contribution in [-0.2, 0) is 23.9 Å². The van der Waals surface area contributed by atoms with Crippen LogP contribution in [0.1, 0.15) is 25.3 Å². The monoisotopic (exact) mass is 391 g/mol. The Morgan fingerprint density at radius 2 is 2.07 bits per heavy atom. The molecule has 1 N–H and O–H groups in total. The summed E-state index contributed by atoms with van der Waals surface area (Å²) in [4.78, 5) is 38.0. The van der Waals surface area contributed by atoms with Gasteiger partial charge in [-0.15, -0.1) is 0 Å². The van der Waals surface area contributed by atoms with Gasteiger partial charge in [0.2, 0.25) is 0 Å². The van der Waals surface area contributed by atoms with Gasteiger partial charge in [-0.25, -0.2) is 9.59 Å². The zero-order valence-electron chi connectivity index (χ0n) is 14.8. The molecule has 2 aliphatic rings. The van der Waals surface area contributed by atoms with Crippen molar-refractivity contribution in [2.45, 2.75) is 19.8 Å². The highest BCUT2D eigenvalue weighted by Gasteiger charge is 2.45. The average Bonchev–Trinajstić information content (AvgIpc) is 2.99. The van der Waals surface area contributed by atoms with Gasteiger partial charge in [0, 0.05) is 10.7 Å². The molecular weight excluding hydrogens is 374 g/mol. The maximum Gasteiger partial charge on any atom is 0.337 e. The van der Waals surface area contributed by atoms with Crippen molar-refractivity contribution in [2.24, 2.45) is 0 Å². The Hall–Kier alpha value is -2.80. The number of carboxylic acid groups (broad SMARTS) is 1. The normalized spacial score (nSPS) is 19.1. The van der Waals surface area contributed by atoms with Gasteiger partial charge in [0.25, 0.3) is 0 Å². The smallest absolute Gasteiger partial charge is 0.337 e. The van der Waals surface area contributed by atoms with Gasteiger partial charge in [-0.3, -0.25) is 4.79 Å². The Bertz CT molecular complexity index is 888. The summed E-state index contributed by atoms with van der Waals surface area (Å²) in [7, 11) is 0. The minimum absolute atomic E-state index is 0.0597. The molecule has 27 heavy (non-hydrogen) atoms. The Labute approximate surface area is 160 Å². The molecule has 0 radical (unpaired) electrons. The number of carbonyl (C=O) groups excluding carboxylic acids is 2. The summed E-state index contributed by atoms with van der Waals surface area (Å²) in [5.74, 6) is -3.10. The van der Waals surface area contributed by atoms with Crippen molar-refractivity contribution >= 4 is 29.5 Å². The van der Waals surface area contributed by atoms with Crippen molar-refractivity contribution in [1.82, 2.24) is 4.90 Å². The Balaban J connectivity index is 2.25. The van der Waals surface area contributed by atoms with Gasteiger partial charge in [0.05, 0.1) is 29.4 Å². The molecule has 3 rings (SSSR count). The van der Waals surface area contributed by atoms with E-state index in [4.69, 9.17) is 21.1 Å². The molecular formula is C19H18ClNO6. The van der Waals surface area contributed by atoms with E-state index in [1.54, 1.807) is 38.1 Å². The standard InChI is InChI=1S/C19H18ClNO6/c1-3-26-18(24)15-10(2)21(8-14(22)23)13-9-27-19(25)17(13)16(15)11-6-4-5-7-12(11)20/h4-7,16H,3,8-9H2,1-2H3,(H,22,23). The summed E-state index contributed by atoms with van der Waals surface area (Å²) in [6, 6.07) is 6.89. The zero-order valence-corrected chi connectivity index (χ0v) is 15.6. The second-order valence-electron chi connectivity index (χ2n) is 6.09. The quantitative estimate of drug-likeness (QED) is 0.770. The molecule has 0 saturated heterocycles. The summed E-state index contributed by atoms with van der Waals surface area (Å²) >= 11 is 6.35. The number of allylic oxidation sites excluding steroid dienone is 1. The third kappa shape index (κ3) is 3.30. The number of benzene rings is 1. The van der Waals surface area contributed by atoms with E-state index in [9.17, 15) is 19.5 Å². The van der Waals surface area contributed by atoms with Gasteiger partial charge >= 0.3 is 17.9 Å². The Morgan fingerprint density at radius 3 is 2.70 bits per heavy atom. The molecule has 0 bridgehead atoms. The molecule has 0 spiro atoms. The van der Waals surface area contributed by atoms with E-state index < -0.39 is 30.4 Å². The van der Waals surface area contributed by atoms with Crippen molar-refractivity contribution in [3.05, 3.63) is 57.4 Å². The fourth-order valence-corrected chi connectivity index (χ4v) is 3.70. The second-order valence-corrected chi connectivity index (χ2v) is 6.50. The van der Waals surface area contributed by atoms with Crippen LogP contribution in [0.5, 0.6) is 0 Å². The lowest BCUT2D eigenvalue weighted by Crippen LogP contribution is -2.36. The van der Waals surface area contributed by atoms with E-state index in [1.807, 2.05) is 0 Å². The molecule has 0 saturated carbocycles. The molecule has 0 aliphatic carbocycles. The van der Waals surface area contributed by atoms with E-state index in [0.717, 1.165) is 0 Å². The number of hydrogen-bond acceptors (Lipinski definition) is 6. The first-order chi connectivity index (χ1) is 12.9. The summed E-state index contributed by atoms with van der Waals surface area (Å²) < 4.78 is 10.4. The number of rotatable bonds is 5.